The predicted octanol–water partition coefficient (Wildman–Crippen LogP) is 2.22. The number of hydrogen-bond donors (Lipinski definition) is 0. The van der Waals surface area contributed by atoms with Gasteiger partial charge in [0, 0.05) is 6.42 Å². The van der Waals surface area contributed by atoms with Crippen LogP contribution >= 0.6 is 0 Å². The van der Waals surface area contributed by atoms with E-state index in [1.807, 2.05) is 0 Å². The maximum atomic E-state index is 10.7. The Labute approximate surface area is 72.9 Å². The predicted molar refractivity (Wildman–Crippen MR) is 47.7 cm³/mol. The number of carbonyl (C=O) groups excluding carboxylic acids is 1. The van der Waals surface area contributed by atoms with Crippen LogP contribution in [0.5, 0.6) is 0 Å². The van der Waals surface area contributed by atoms with Crippen molar-refractivity contribution in [1.29, 1.82) is 0 Å². The molecule has 66 valence electrons. The average molecular weight is 166 g/mol. The van der Waals surface area contributed by atoms with Crippen LogP contribution in [0, 0.1) is 0 Å². The Morgan fingerprint density at radius 2 is 2.50 bits per heavy atom. The fraction of sp³-hybridized carbons (Fsp3) is 0.500. The molecule has 12 heavy (non-hydrogen) atoms. The second-order valence-corrected chi connectivity index (χ2v) is 2.89. The normalized spacial score (nSPS) is 14.6. The van der Waals surface area contributed by atoms with Gasteiger partial charge in [-0.25, -0.2) is 0 Å². The van der Waals surface area contributed by atoms with Crippen LogP contribution in [0.15, 0.2) is 23.8 Å². The van der Waals surface area contributed by atoms with Crippen LogP contribution in [0.2, 0.25) is 0 Å². The molecule has 0 N–H and O–H groups in total. The van der Waals surface area contributed by atoms with E-state index in [0.29, 0.717) is 6.42 Å². The molecule has 0 fully saturated rings. The summed E-state index contributed by atoms with van der Waals surface area (Å²) in [6, 6.07) is 0. The van der Waals surface area contributed by atoms with Gasteiger partial charge >= 0.3 is 5.97 Å². The zero-order valence-electron chi connectivity index (χ0n) is 7.38. The van der Waals surface area contributed by atoms with Gasteiger partial charge in [-0.2, -0.15) is 0 Å². The van der Waals surface area contributed by atoms with Crippen LogP contribution in [0.25, 0.3) is 0 Å². The van der Waals surface area contributed by atoms with Crippen LogP contribution in [-0.4, -0.2) is 13.1 Å². The molecule has 1 rings (SSSR count). The molecule has 1 aliphatic rings. The number of methoxy groups -OCH3 is 1. The lowest BCUT2D eigenvalue weighted by atomic mass is 10.1. The quantitative estimate of drug-likeness (QED) is 0.598. The van der Waals surface area contributed by atoms with Crippen molar-refractivity contribution in [2.75, 3.05) is 7.11 Å². The third-order valence-electron chi connectivity index (χ3n) is 1.95. The summed E-state index contributed by atoms with van der Waals surface area (Å²) in [4.78, 5) is 10.7. The molecule has 0 aromatic rings. The van der Waals surface area contributed by atoms with Gasteiger partial charge in [0.05, 0.1) is 7.11 Å². The second kappa shape index (κ2) is 4.75. The Balaban J connectivity index is 2.06. The first-order valence-corrected chi connectivity index (χ1v) is 4.24. The standard InChI is InChI=1S/C10H14O2/c1-12-10(11)8-4-7-9-5-2-3-6-9/h2-3,5H,4,6-8H2,1H3. The fourth-order valence-corrected chi connectivity index (χ4v) is 1.24. The monoisotopic (exact) mass is 166 g/mol. The van der Waals surface area contributed by atoms with Crippen molar-refractivity contribution in [1.82, 2.24) is 0 Å². The van der Waals surface area contributed by atoms with E-state index in [4.69, 9.17) is 0 Å². The van der Waals surface area contributed by atoms with E-state index in [9.17, 15) is 4.79 Å². The van der Waals surface area contributed by atoms with Gasteiger partial charge in [0.25, 0.3) is 0 Å². The average Bonchev–Trinajstić information content (AvgIpc) is 2.57. The van der Waals surface area contributed by atoms with E-state index in [0.717, 1.165) is 19.3 Å². The van der Waals surface area contributed by atoms with Crippen molar-refractivity contribution in [3.63, 3.8) is 0 Å². The molecule has 0 spiro atoms. The lowest BCUT2D eigenvalue weighted by molar-refractivity contribution is -0.140. The highest BCUT2D eigenvalue weighted by molar-refractivity contribution is 5.69. The first-order valence-electron chi connectivity index (χ1n) is 4.24. The van der Waals surface area contributed by atoms with Gasteiger partial charge in [-0.1, -0.05) is 23.8 Å². The number of allylic oxidation sites excluding steroid dienone is 4. The van der Waals surface area contributed by atoms with Crippen LogP contribution in [0.1, 0.15) is 25.7 Å². The summed E-state index contributed by atoms with van der Waals surface area (Å²) in [5.41, 5.74) is 1.42. The van der Waals surface area contributed by atoms with E-state index in [1.54, 1.807) is 0 Å². The SMILES string of the molecule is COC(=O)CCCC1=CC=CC1. The largest absolute Gasteiger partial charge is 0.469 e. The van der Waals surface area contributed by atoms with Gasteiger partial charge in [-0.3, -0.25) is 4.79 Å². The Morgan fingerprint density at radius 1 is 1.67 bits per heavy atom. The van der Waals surface area contributed by atoms with E-state index in [2.05, 4.69) is 23.0 Å². The van der Waals surface area contributed by atoms with Gasteiger partial charge in [-0.15, -0.1) is 0 Å². The summed E-state index contributed by atoms with van der Waals surface area (Å²) >= 11 is 0. The summed E-state index contributed by atoms with van der Waals surface area (Å²) in [5, 5.41) is 0. The van der Waals surface area contributed by atoms with Crippen molar-refractivity contribution < 1.29 is 9.53 Å². The zero-order valence-corrected chi connectivity index (χ0v) is 7.38. The van der Waals surface area contributed by atoms with E-state index >= 15 is 0 Å². The molecule has 0 unspecified atom stereocenters. The number of ether oxygens (including phenoxy) is 1. The Hall–Kier alpha value is -1.05. The third kappa shape index (κ3) is 2.91. The molecular weight excluding hydrogens is 152 g/mol. The van der Waals surface area contributed by atoms with Crippen LogP contribution in [0.4, 0.5) is 0 Å². The molecule has 0 saturated heterocycles. The minimum absolute atomic E-state index is 0.110. The van der Waals surface area contributed by atoms with E-state index < -0.39 is 0 Å². The maximum absolute atomic E-state index is 10.7. The van der Waals surface area contributed by atoms with Gasteiger partial charge in [-0.05, 0) is 19.3 Å². The topological polar surface area (TPSA) is 26.3 Å². The number of carbonyl (C=O) groups is 1. The molecule has 0 amide bonds. The van der Waals surface area contributed by atoms with Crippen molar-refractivity contribution in [3.05, 3.63) is 23.8 Å². The molecular formula is C10H14O2. The lowest BCUT2D eigenvalue weighted by Crippen LogP contribution is -1.99. The van der Waals surface area contributed by atoms with Crippen molar-refractivity contribution in [3.8, 4) is 0 Å². The highest BCUT2D eigenvalue weighted by Gasteiger charge is 2.02. The Kier molecular flexibility index (Phi) is 3.58. The molecule has 0 saturated carbocycles. The van der Waals surface area contributed by atoms with E-state index in [-0.39, 0.29) is 5.97 Å². The highest BCUT2D eigenvalue weighted by Crippen LogP contribution is 2.16. The van der Waals surface area contributed by atoms with Crippen LogP contribution in [0.3, 0.4) is 0 Å². The highest BCUT2D eigenvalue weighted by atomic mass is 16.5. The fourth-order valence-electron chi connectivity index (χ4n) is 1.24. The van der Waals surface area contributed by atoms with Crippen LogP contribution in [-0.2, 0) is 9.53 Å². The number of rotatable bonds is 4. The van der Waals surface area contributed by atoms with Gasteiger partial charge in [0.15, 0.2) is 0 Å². The summed E-state index contributed by atoms with van der Waals surface area (Å²) in [7, 11) is 1.43. The molecule has 0 atom stereocenters. The lowest BCUT2D eigenvalue weighted by Gasteiger charge is -2.00. The molecule has 0 aromatic heterocycles. The van der Waals surface area contributed by atoms with E-state index in [1.165, 1.54) is 12.7 Å². The molecule has 2 nitrogen and oxygen atoms in total. The molecule has 0 aliphatic heterocycles. The molecule has 0 aromatic carbocycles. The zero-order chi connectivity index (χ0) is 8.81. The summed E-state index contributed by atoms with van der Waals surface area (Å²) in [6.07, 6.45) is 9.83. The van der Waals surface area contributed by atoms with Crippen LogP contribution < -0.4 is 0 Å². The van der Waals surface area contributed by atoms with Gasteiger partial charge in [0.2, 0.25) is 0 Å². The van der Waals surface area contributed by atoms with Crippen molar-refractivity contribution >= 4 is 5.97 Å². The van der Waals surface area contributed by atoms with Crippen molar-refractivity contribution in [2.45, 2.75) is 25.7 Å². The molecule has 0 radical (unpaired) electrons. The summed E-state index contributed by atoms with van der Waals surface area (Å²) in [5.74, 6) is -0.110. The summed E-state index contributed by atoms with van der Waals surface area (Å²) in [6.45, 7) is 0. The first kappa shape index (κ1) is 9.04. The molecule has 1 aliphatic carbocycles. The summed E-state index contributed by atoms with van der Waals surface area (Å²) < 4.78 is 4.54. The smallest absolute Gasteiger partial charge is 0.305 e. The molecule has 2 heteroatoms. The molecule has 0 heterocycles. The second-order valence-electron chi connectivity index (χ2n) is 2.89. The number of esters is 1. The Bertz CT molecular complexity index is 214. The van der Waals surface area contributed by atoms with Gasteiger partial charge in [0.1, 0.15) is 0 Å². The minimum Gasteiger partial charge on any atom is -0.469 e. The molecule has 0 bridgehead atoms. The first-order chi connectivity index (χ1) is 5.83. The Morgan fingerprint density at radius 3 is 3.08 bits per heavy atom. The van der Waals surface area contributed by atoms with Gasteiger partial charge < -0.3 is 4.74 Å². The third-order valence-corrected chi connectivity index (χ3v) is 1.95. The maximum Gasteiger partial charge on any atom is 0.305 e. The van der Waals surface area contributed by atoms with Crippen molar-refractivity contribution in [2.24, 2.45) is 0 Å². The number of hydrogen-bond acceptors (Lipinski definition) is 2. The minimum atomic E-state index is -0.110.